The average Bonchev–Trinajstić information content (AvgIpc) is 2.57. The standard InChI is InChI=1S/C16H34O7/c1-18-9-10-19-6-3-2-4-7-20-11-13-22-15-16-23-14-12-21-8-5-17/h17H,2-16H2,1H3. The molecule has 23 heavy (non-hydrogen) atoms. The molecule has 0 aliphatic heterocycles. The van der Waals surface area contributed by atoms with Gasteiger partial charge in [-0.25, -0.2) is 0 Å². The molecule has 0 bridgehead atoms. The maximum absolute atomic E-state index is 8.50. The molecule has 0 aliphatic rings. The van der Waals surface area contributed by atoms with Crippen LogP contribution < -0.4 is 0 Å². The largest absolute Gasteiger partial charge is 0.394 e. The van der Waals surface area contributed by atoms with Gasteiger partial charge in [-0.2, -0.15) is 0 Å². The Morgan fingerprint density at radius 2 is 0.870 bits per heavy atom. The Labute approximate surface area is 140 Å². The van der Waals surface area contributed by atoms with Gasteiger partial charge in [0.15, 0.2) is 0 Å². The van der Waals surface area contributed by atoms with Crippen molar-refractivity contribution >= 4 is 0 Å². The average molecular weight is 338 g/mol. The van der Waals surface area contributed by atoms with Crippen molar-refractivity contribution in [2.24, 2.45) is 0 Å². The molecule has 0 atom stereocenters. The molecule has 0 heterocycles. The van der Waals surface area contributed by atoms with Crippen LogP contribution in [0.15, 0.2) is 0 Å². The maximum Gasteiger partial charge on any atom is 0.0701 e. The Morgan fingerprint density at radius 1 is 0.478 bits per heavy atom. The molecule has 0 fully saturated rings. The molecular formula is C16H34O7. The van der Waals surface area contributed by atoms with Crippen LogP contribution in [0, 0.1) is 0 Å². The molecule has 140 valence electrons. The number of aliphatic hydroxyl groups is 1. The van der Waals surface area contributed by atoms with Gasteiger partial charge in [0.1, 0.15) is 0 Å². The minimum Gasteiger partial charge on any atom is -0.394 e. The third kappa shape index (κ3) is 21.7. The van der Waals surface area contributed by atoms with Crippen LogP contribution in [0.3, 0.4) is 0 Å². The molecule has 0 saturated heterocycles. The second-order valence-corrected chi connectivity index (χ2v) is 4.84. The number of rotatable bonds is 20. The van der Waals surface area contributed by atoms with Crippen LogP contribution in [-0.2, 0) is 28.4 Å². The topological polar surface area (TPSA) is 75.6 Å². The number of aliphatic hydroxyl groups excluding tert-OH is 1. The first-order chi connectivity index (χ1) is 11.4. The summed E-state index contributed by atoms with van der Waals surface area (Å²) in [5, 5.41) is 8.50. The van der Waals surface area contributed by atoms with E-state index < -0.39 is 0 Å². The predicted molar refractivity (Wildman–Crippen MR) is 86.9 cm³/mol. The Kier molecular flexibility index (Phi) is 21.5. The normalized spacial score (nSPS) is 11.2. The molecule has 0 aromatic heterocycles. The first kappa shape index (κ1) is 22.7. The number of methoxy groups -OCH3 is 1. The van der Waals surface area contributed by atoms with E-state index in [0.717, 1.165) is 32.5 Å². The van der Waals surface area contributed by atoms with Gasteiger partial charge >= 0.3 is 0 Å². The molecule has 0 saturated carbocycles. The van der Waals surface area contributed by atoms with Crippen LogP contribution >= 0.6 is 0 Å². The quantitative estimate of drug-likeness (QED) is 0.330. The summed E-state index contributed by atoms with van der Waals surface area (Å²) in [6.45, 7) is 6.62. The van der Waals surface area contributed by atoms with Crippen molar-refractivity contribution in [2.75, 3.05) is 86.4 Å². The third-order valence-electron chi connectivity index (χ3n) is 2.86. The zero-order chi connectivity index (χ0) is 16.8. The lowest BCUT2D eigenvalue weighted by Gasteiger charge is -2.07. The highest BCUT2D eigenvalue weighted by atomic mass is 16.6. The Balaban J connectivity index is 2.92. The molecule has 0 aliphatic carbocycles. The smallest absolute Gasteiger partial charge is 0.0701 e. The summed E-state index contributed by atoms with van der Waals surface area (Å²) in [5.41, 5.74) is 0. The summed E-state index contributed by atoms with van der Waals surface area (Å²) in [6, 6.07) is 0. The summed E-state index contributed by atoms with van der Waals surface area (Å²) in [4.78, 5) is 0. The van der Waals surface area contributed by atoms with E-state index in [-0.39, 0.29) is 6.61 Å². The lowest BCUT2D eigenvalue weighted by Crippen LogP contribution is -2.12. The fourth-order valence-electron chi connectivity index (χ4n) is 1.66. The van der Waals surface area contributed by atoms with Gasteiger partial charge in [-0.05, 0) is 19.3 Å². The van der Waals surface area contributed by atoms with Gasteiger partial charge in [-0.15, -0.1) is 0 Å². The van der Waals surface area contributed by atoms with Crippen LogP contribution in [0.4, 0.5) is 0 Å². The molecule has 7 heteroatoms. The highest BCUT2D eigenvalue weighted by Gasteiger charge is 1.94. The van der Waals surface area contributed by atoms with E-state index >= 15 is 0 Å². The number of unbranched alkanes of at least 4 members (excludes halogenated alkanes) is 2. The van der Waals surface area contributed by atoms with Crippen molar-refractivity contribution in [3.8, 4) is 0 Å². The minimum atomic E-state index is 0.0469. The van der Waals surface area contributed by atoms with E-state index in [0.29, 0.717) is 59.5 Å². The second-order valence-electron chi connectivity index (χ2n) is 4.84. The van der Waals surface area contributed by atoms with Crippen molar-refractivity contribution in [1.82, 2.24) is 0 Å². The number of hydrogen-bond donors (Lipinski definition) is 1. The van der Waals surface area contributed by atoms with Gasteiger partial charge in [0, 0.05) is 20.3 Å². The molecule has 0 radical (unpaired) electrons. The van der Waals surface area contributed by atoms with E-state index in [1.165, 1.54) is 0 Å². The van der Waals surface area contributed by atoms with Crippen LogP contribution in [0.2, 0.25) is 0 Å². The summed E-state index contributed by atoms with van der Waals surface area (Å²) >= 11 is 0. The lowest BCUT2D eigenvalue weighted by molar-refractivity contribution is -0.00590. The maximum atomic E-state index is 8.50. The minimum absolute atomic E-state index is 0.0469. The highest BCUT2D eigenvalue weighted by molar-refractivity contribution is 4.42. The fourth-order valence-corrected chi connectivity index (χ4v) is 1.66. The van der Waals surface area contributed by atoms with E-state index in [1.807, 2.05) is 0 Å². The summed E-state index contributed by atoms with van der Waals surface area (Å²) < 4.78 is 31.5. The fraction of sp³-hybridized carbons (Fsp3) is 1.00. The summed E-state index contributed by atoms with van der Waals surface area (Å²) in [5.74, 6) is 0. The molecule has 7 nitrogen and oxygen atoms in total. The molecule has 0 aromatic carbocycles. The third-order valence-corrected chi connectivity index (χ3v) is 2.86. The van der Waals surface area contributed by atoms with Gasteiger partial charge in [0.05, 0.1) is 66.1 Å². The van der Waals surface area contributed by atoms with Crippen LogP contribution in [0.5, 0.6) is 0 Å². The molecule has 0 spiro atoms. The van der Waals surface area contributed by atoms with Crippen molar-refractivity contribution < 1.29 is 33.5 Å². The zero-order valence-corrected chi connectivity index (χ0v) is 14.5. The van der Waals surface area contributed by atoms with E-state index in [4.69, 9.17) is 33.5 Å². The highest BCUT2D eigenvalue weighted by Crippen LogP contribution is 1.96. The molecule has 0 aromatic rings. The van der Waals surface area contributed by atoms with E-state index in [1.54, 1.807) is 7.11 Å². The Morgan fingerprint density at radius 3 is 1.30 bits per heavy atom. The van der Waals surface area contributed by atoms with Crippen molar-refractivity contribution in [2.45, 2.75) is 19.3 Å². The van der Waals surface area contributed by atoms with Crippen LogP contribution in [-0.4, -0.2) is 91.5 Å². The second kappa shape index (κ2) is 21.7. The molecule has 0 rings (SSSR count). The first-order valence-electron chi connectivity index (χ1n) is 8.40. The summed E-state index contributed by atoms with van der Waals surface area (Å²) in [6.07, 6.45) is 3.22. The molecule has 0 unspecified atom stereocenters. The SMILES string of the molecule is COCCOCCCCCOCCOCCOCCOCCO. The van der Waals surface area contributed by atoms with Crippen LogP contribution in [0.25, 0.3) is 0 Å². The molecule has 0 amide bonds. The molecular weight excluding hydrogens is 304 g/mol. The predicted octanol–water partition coefficient (Wildman–Crippen LogP) is 0.878. The zero-order valence-electron chi connectivity index (χ0n) is 14.5. The van der Waals surface area contributed by atoms with Crippen LogP contribution in [0.1, 0.15) is 19.3 Å². The molecule has 1 N–H and O–H groups in total. The first-order valence-corrected chi connectivity index (χ1v) is 8.40. The van der Waals surface area contributed by atoms with Gasteiger partial charge in [-0.3, -0.25) is 0 Å². The number of ether oxygens (including phenoxy) is 6. The van der Waals surface area contributed by atoms with Crippen molar-refractivity contribution in [3.05, 3.63) is 0 Å². The van der Waals surface area contributed by atoms with Gasteiger partial charge in [0.2, 0.25) is 0 Å². The van der Waals surface area contributed by atoms with Crippen molar-refractivity contribution in [1.29, 1.82) is 0 Å². The van der Waals surface area contributed by atoms with Gasteiger partial charge in [0.25, 0.3) is 0 Å². The summed E-state index contributed by atoms with van der Waals surface area (Å²) in [7, 11) is 1.67. The van der Waals surface area contributed by atoms with Crippen molar-refractivity contribution in [3.63, 3.8) is 0 Å². The van der Waals surface area contributed by atoms with E-state index in [9.17, 15) is 0 Å². The Bertz CT molecular complexity index is 185. The Hall–Kier alpha value is -0.280. The lowest BCUT2D eigenvalue weighted by atomic mass is 10.2. The van der Waals surface area contributed by atoms with Gasteiger partial charge < -0.3 is 33.5 Å². The number of hydrogen-bond acceptors (Lipinski definition) is 7. The van der Waals surface area contributed by atoms with Gasteiger partial charge in [-0.1, -0.05) is 0 Å². The monoisotopic (exact) mass is 338 g/mol. The van der Waals surface area contributed by atoms with E-state index in [2.05, 4.69) is 0 Å².